The average molecular weight is 319 g/mol. The van der Waals surface area contributed by atoms with Gasteiger partial charge in [0.15, 0.2) is 11.6 Å². The van der Waals surface area contributed by atoms with E-state index < -0.39 is 6.10 Å². The van der Waals surface area contributed by atoms with Crippen LogP contribution in [0.2, 0.25) is 0 Å². The zero-order valence-electron chi connectivity index (χ0n) is 13.4. The average Bonchev–Trinajstić information content (AvgIpc) is 3.06. The number of H-pyrrole nitrogens is 1. The van der Waals surface area contributed by atoms with E-state index in [4.69, 9.17) is 4.74 Å². The first-order valence-electron chi connectivity index (χ1n) is 7.79. The summed E-state index contributed by atoms with van der Waals surface area (Å²) in [5.41, 5.74) is 2.79. The van der Waals surface area contributed by atoms with E-state index in [0.29, 0.717) is 13.1 Å². The van der Waals surface area contributed by atoms with Crippen LogP contribution in [0, 0.1) is 18.7 Å². The minimum Gasteiger partial charge on any atom is -0.493 e. The van der Waals surface area contributed by atoms with Crippen molar-refractivity contribution in [2.45, 2.75) is 26.0 Å². The molecule has 3 rings (SSSR count). The molecule has 1 saturated heterocycles. The fourth-order valence-corrected chi connectivity index (χ4v) is 3.27. The molecule has 1 fully saturated rings. The van der Waals surface area contributed by atoms with Crippen LogP contribution >= 0.6 is 0 Å². The summed E-state index contributed by atoms with van der Waals surface area (Å²) in [5, 5.41) is 17.5. The van der Waals surface area contributed by atoms with Gasteiger partial charge in [-0.1, -0.05) is 12.1 Å². The number of aliphatic hydroxyl groups is 1. The second kappa shape index (κ2) is 6.68. The number of halogens is 1. The second-order valence-electron chi connectivity index (χ2n) is 6.20. The minimum absolute atomic E-state index is 0.136. The van der Waals surface area contributed by atoms with Gasteiger partial charge in [0, 0.05) is 36.8 Å². The summed E-state index contributed by atoms with van der Waals surface area (Å²) in [6, 6.07) is 6.94. The summed E-state index contributed by atoms with van der Waals surface area (Å²) in [7, 11) is 1.48. The number of hydrogen-bond acceptors (Lipinski definition) is 4. The number of nitrogens with one attached hydrogen (secondary N) is 1. The van der Waals surface area contributed by atoms with Crippen LogP contribution in [0.1, 0.15) is 17.0 Å². The molecule has 23 heavy (non-hydrogen) atoms. The highest BCUT2D eigenvalue weighted by atomic mass is 19.1. The molecule has 1 aromatic heterocycles. The molecule has 0 unspecified atom stereocenters. The van der Waals surface area contributed by atoms with E-state index >= 15 is 0 Å². The summed E-state index contributed by atoms with van der Waals surface area (Å²) >= 11 is 0. The third-order valence-corrected chi connectivity index (χ3v) is 4.36. The Hall–Kier alpha value is -1.92. The van der Waals surface area contributed by atoms with Crippen molar-refractivity contribution in [1.82, 2.24) is 15.1 Å². The van der Waals surface area contributed by atoms with Crippen molar-refractivity contribution in [2.75, 3.05) is 20.2 Å². The number of para-hydroxylation sites is 1. The molecule has 6 heteroatoms. The maximum Gasteiger partial charge on any atom is 0.165 e. The quantitative estimate of drug-likeness (QED) is 0.884. The van der Waals surface area contributed by atoms with Crippen molar-refractivity contribution in [2.24, 2.45) is 5.92 Å². The summed E-state index contributed by atoms with van der Waals surface area (Å²) in [5.74, 6) is 0.0684. The predicted octanol–water partition coefficient (Wildman–Crippen LogP) is 1.90. The van der Waals surface area contributed by atoms with E-state index in [2.05, 4.69) is 15.1 Å². The predicted molar refractivity (Wildman–Crippen MR) is 84.8 cm³/mol. The highest BCUT2D eigenvalue weighted by Gasteiger charge is 2.32. The molecule has 2 aromatic rings. The van der Waals surface area contributed by atoms with Crippen molar-refractivity contribution in [3.63, 3.8) is 0 Å². The number of benzene rings is 1. The van der Waals surface area contributed by atoms with Gasteiger partial charge in [-0.3, -0.25) is 10.00 Å². The van der Waals surface area contributed by atoms with E-state index in [1.54, 1.807) is 6.07 Å². The van der Waals surface area contributed by atoms with Crippen LogP contribution in [0.5, 0.6) is 5.75 Å². The molecule has 0 saturated carbocycles. The number of aryl methyl sites for hydroxylation is 1. The van der Waals surface area contributed by atoms with Crippen molar-refractivity contribution in [3.8, 4) is 5.75 Å². The Morgan fingerprint density at radius 3 is 2.96 bits per heavy atom. The second-order valence-corrected chi connectivity index (χ2v) is 6.20. The lowest BCUT2D eigenvalue weighted by molar-refractivity contribution is 0.140. The zero-order chi connectivity index (χ0) is 16.4. The number of β-amino-alcohol motifs (C(OH)–C–C–N with tert-alkyl or cyclic N) is 1. The Kier molecular flexibility index (Phi) is 4.63. The SMILES string of the molecule is COc1c(F)cccc1CN1C[C@@H](Cc2cc(C)[nH]n2)[C@H](O)C1. The van der Waals surface area contributed by atoms with Crippen LogP contribution in [0.4, 0.5) is 4.39 Å². The number of likely N-dealkylation sites (tertiary alicyclic amines) is 1. The van der Waals surface area contributed by atoms with Gasteiger partial charge < -0.3 is 9.84 Å². The Balaban J connectivity index is 1.66. The van der Waals surface area contributed by atoms with Crippen LogP contribution in [0.3, 0.4) is 0 Å². The number of aromatic amines is 1. The molecule has 2 heterocycles. The first kappa shape index (κ1) is 16.0. The third kappa shape index (κ3) is 3.54. The summed E-state index contributed by atoms with van der Waals surface area (Å²) in [6.07, 6.45) is 0.342. The molecule has 1 aliphatic rings. The Morgan fingerprint density at radius 2 is 2.26 bits per heavy atom. The van der Waals surface area contributed by atoms with E-state index in [1.165, 1.54) is 13.2 Å². The number of aromatic nitrogens is 2. The van der Waals surface area contributed by atoms with Gasteiger partial charge in [0.2, 0.25) is 0 Å². The van der Waals surface area contributed by atoms with Crippen molar-refractivity contribution in [3.05, 3.63) is 47.0 Å². The van der Waals surface area contributed by atoms with Gasteiger partial charge in [-0.25, -0.2) is 4.39 Å². The summed E-state index contributed by atoms with van der Waals surface area (Å²) < 4.78 is 18.9. The zero-order valence-corrected chi connectivity index (χ0v) is 13.4. The highest BCUT2D eigenvalue weighted by Crippen LogP contribution is 2.27. The van der Waals surface area contributed by atoms with Crippen LogP contribution in [-0.4, -0.2) is 46.5 Å². The van der Waals surface area contributed by atoms with Gasteiger partial charge in [-0.15, -0.1) is 0 Å². The Morgan fingerprint density at radius 1 is 1.43 bits per heavy atom. The number of hydrogen-bond donors (Lipinski definition) is 2. The molecule has 5 nitrogen and oxygen atoms in total. The van der Waals surface area contributed by atoms with Crippen LogP contribution in [0.15, 0.2) is 24.3 Å². The fraction of sp³-hybridized carbons (Fsp3) is 0.471. The molecule has 1 aliphatic heterocycles. The Labute approximate surface area is 135 Å². The van der Waals surface area contributed by atoms with E-state index in [0.717, 1.165) is 29.9 Å². The number of aliphatic hydroxyl groups excluding tert-OH is 1. The van der Waals surface area contributed by atoms with Gasteiger partial charge in [-0.2, -0.15) is 5.10 Å². The topological polar surface area (TPSA) is 61.4 Å². The van der Waals surface area contributed by atoms with Gasteiger partial charge in [0.05, 0.1) is 18.9 Å². The van der Waals surface area contributed by atoms with Crippen LogP contribution in [-0.2, 0) is 13.0 Å². The molecular formula is C17H22FN3O2. The smallest absolute Gasteiger partial charge is 0.165 e. The normalized spacial score (nSPS) is 21.7. The molecule has 2 atom stereocenters. The van der Waals surface area contributed by atoms with Gasteiger partial charge in [0.25, 0.3) is 0 Å². The fourth-order valence-electron chi connectivity index (χ4n) is 3.27. The number of nitrogens with zero attached hydrogens (tertiary/aromatic N) is 2. The molecule has 0 aliphatic carbocycles. The maximum absolute atomic E-state index is 13.8. The Bertz CT molecular complexity index is 674. The molecule has 0 bridgehead atoms. The molecule has 0 spiro atoms. The summed E-state index contributed by atoms with van der Waals surface area (Å²) in [4.78, 5) is 2.13. The molecule has 1 aromatic carbocycles. The standard InChI is InChI=1S/C17H22FN3O2/c1-11-6-14(20-19-11)7-13-9-21(10-16(13)22)8-12-4-3-5-15(18)17(12)23-2/h3-6,13,16,22H,7-10H2,1-2H3,(H,19,20)/t13-,16-/m1/s1. The number of ether oxygens (including phenoxy) is 1. The first-order valence-corrected chi connectivity index (χ1v) is 7.79. The van der Waals surface area contributed by atoms with Crippen LogP contribution in [0.25, 0.3) is 0 Å². The van der Waals surface area contributed by atoms with E-state index in [-0.39, 0.29) is 17.5 Å². The highest BCUT2D eigenvalue weighted by molar-refractivity contribution is 5.35. The lowest BCUT2D eigenvalue weighted by Crippen LogP contribution is -2.21. The number of methoxy groups -OCH3 is 1. The molecule has 0 radical (unpaired) electrons. The largest absolute Gasteiger partial charge is 0.493 e. The monoisotopic (exact) mass is 319 g/mol. The molecule has 124 valence electrons. The molecular weight excluding hydrogens is 297 g/mol. The van der Waals surface area contributed by atoms with Gasteiger partial charge >= 0.3 is 0 Å². The first-order chi connectivity index (χ1) is 11.1. The molecule has 0 amide bonds. The maximum atomic E-state index is 13.8. The lowest BCUT2D eigenvalue weighted by Gasteiger charge is -2.17. The lowest BCUT2D eigenvalue weighted by atomic mass is 10.0. The third-order valence-electron chi connectivity index (χ3n) is 4.36. The van der Waals surface area contributed by atoms with Crippen molar-refractivity contribution < 1.29 is 14.2 Å². The number of rotatable bonds is 5. The summed E-state index contributed by atoms with van der Waals surface area (Å²) in [6.45, 7) is 3.86. The van der Waals surface area contributed by atoms with Crippen molar-refractivity contribution >= 4 is 0 Å². The van der Waals surface area contributed by atoms with Gasteiger partial charge in [-0.05, 0) is 25.5 Å². The molecule has 2 N–H and O–H groups in total. The van der Waals surface area contributed by atoms with E-state index in [9.17, 15) is 9.50 Å². The van der Waals surface area contributed by atoms with E-state index in [1.807, 2.05) is 19.1 Å². The van der Waals surface area contributed by atoms with Crippen LogP contribution < -0.4 is 4.74 Å². The minimum atomic E-state index is -0.397. The van der Waals surface area contributed by atoms with Gasteiger partial charge in [0.1, 0.15) is 0 Å². The van der Waals surface area contributed by atoms with Crippen molar-refractivity contribution in [1.29, 1.82) is 0 Å².